The summed E-state index contributed by atoms with van der Waals surface area (Å²) < 4.78 is 0. The summed E-state index contributed by atoms with van der Waals surface area (Å²) >= 11 is 5.84. The molecule has 5 nitrogen and oxygen atoms in total. The zero-order chi connectivity index (χ0) is 14.3. The van der Waals surface area contributed by atoms with Crippen molar-refractivity contribution in [2.75, 3.05) is 18.5 Å². The SMILES string of the molecule is CCCC(CCO)CNc1cccc(Cl)c1[N+](=O)[O-]. The summed E-state index contributed by atoms with van der Waals surface area (Å²) in [6.45, 7) is 2.80. The molecule has 1 rings (SSSR count). The Labute approximate surface area is 117 Å². The zero-order valence-electron chi connectivity index (χ0n) is 10.9. The second-order valence-corrected chi connectivity index (χ2v) is 4.85. The molecule has 0 saturated carbocycles. The number of anilines is 1. The number of benzene rings is 1. The van der Waals surface area contributed by atoms with Gasteiger partial charge in [0, 0.05) is 13.2 Å². The minimum atomic E-state index is -0.481. The van der Waals surface area contributed by atoms with Crippen molar-refractivity contribution in [2.24, 2.45) is 5.92 Å². The third-order valence-electron chi connectivity index (χ3n) is 2.98. The van der Waals surface area contributed by atoms with Gasteiger partial charge in [0.05, 0.1) is 4.92 Å². The Morgan fingerprint density at radius 3 is 2.79 bits per heavy atom. The number of rotatable bonds is 8. The predicted molar refractivity (Wildman–Crippen MR) is 76.7 cm³/mol. The van der Waals surface area contributed by atoms with E-state index >= 15 is 0 Å². The van der Waals surface area contributed by atoms with E-state index in [4.69, 9.17) is 16.7 Å². The number of nitrogens with zero attached hydrogens (tertiary/aromatic N) is 1. The fourth-order valence-electron chi connectivity index (χ4n) is 2.04. The topological polar surface area (TPSA) is 75.4 Å². The average Bonchev–Trinajstić information content (AvgIpc) is 2.36. The van der Waals surface area contributed by atoms with E-state index in [0.29, 0.717) is 24.6 Å². The summed E-state index contributed by atoms with van der Waals surface area (Å²) in [6.07, 6.45) is 2.68. The van der Waals surface area contributed by atoms with Crippen LogP contribution in [-0.2, 0) is 0 Å². The number of nitro groups is 1. The van der Waals surface area contributed by atoms with Crippen LogP contribution in [0.5, 0.6) is 0 Å². The standard InChI is InChI=1S/C13H19ClN2O3/c1-2-4-10(7-8-17)9-15-12-6-3-5-11(14)13(12)16(18)19/h3,5-6,10,15,17H,2,4,7-9H2,1H3. The number of para-hydroxylation sites is 1. The zero-order valence-corrected chi connectivity index (χ0v) is 11.7. The fourth-order valence-corrected chi connectivity index (χ4v) is 2.28. The Morgan fingerprint density at radius 1 is 1.47 bits per heavy atom. The number of hydrogen-bond donors (Lipinski definition) is 2. The summed E-state index contributed by atoms with van der Waals surface area (Å²) in [5.74, 6) is 0.300. The van der Waals surface area contributed by atoms with Gasteiger partial charge in [-0.3, -0.25) is 10.1 Å². The normalized spacial score (nSPS) is 12.2. The van der Waals surface area contributed by atoms with Crippen LogP contribution in [0.1, 0.15) is 26.2 Å². The van der Waals surface area contributed by atoms with Crippen molar-refractivity contribution in [2.45, 2.75) is 26.2 Å². The molecule has 0 aromatic heterocycles. The molecule has 0 aliphatic heterocycles. The molecule has 1 aromatic carbocycles. The van der Waals surface area contributed by atoms with Gasteiger partial charge in [-0.05, 0) is 30.9 Å². The molecule has 0 spiro atoms. The van der Waals surface area contributed by atoms with Crippen LogP contribution in [0.3, 0.4) is 0 Å². The molecular weight excluding hydrogens is 268 g/mol. The van der Waals surface area contributed by atoms with Crippen LogP contribution >= 0.6 is 11.6 Å². The number of nitrogens with one attached hydrogen (secondary N) is 1. The largest absolute Gasteiger partial charge is 0.396 e. The number of halogens is 1. The molecule has 106 valence electrons. The maximum absolute atomic E-state index is 11.0. The lowest BCUT2D eigenvalue weighted by molar-refractivity contribution is -0.383. The molecule has 0 radical (unpaired) electrons. The third-order valence-corrected chi connectivity index (χ3v) is 3.29. The van der Waals surface area contributed by atoms with Gasteiger partial charge >= 0.3 is 5.69 Å². The number of aliphatic hydroxyl groups excluding tert-OH is 1. The Bertz CT molecular complexity index is 420. The second-order valence-electron chi connectivity index (χ2n) is 4.44. The van der Waals surface area contributed by atoms with Gasteiger partial charge in [0.25, 0.3) is 0 Å². The van der Waals surface area contributed by atoms with Crippen molar-refractivity contribution in [3.63, 3.8) is 0 Å². The molecule has 0 bridgehead atoms. The number of aliphatic hydroxyl groups is 1. The lowest BCUT2D eigenvalue weighted by Crippen LogP contribution is -2.16. The summed E-state index contributed by atoms with van der Waals surface area (Å²) in [5, 5.41) is 23.2. The second kappa shape index (κ2) is 7.96. The predicted octanol–water partition coefficient (Wildman–Crippen LogP) is 3.46. The van der Waals surface area contributed by atoms with Gasteiger partial charge in [-0.2, -0.15) is 0 Å². The van der Waals surface area contributed by atoms with Gasteiger partial charge in [-0.15, -0.1) is 0 Å². The van der Waals surface area contributed by atoms with E-state index in [0.717, 1.165) is 12.8 Å². The monoisotopic (exact) mass is 286 g/mol. The molecular formula is C13H19ClN2O3. The first-order valence-electron chi connectivity index (χ1n) is 6.37. The van der Waals surface area contributed by atoms with Crippen LogP contribution < -0.4 is 5.32 Å². The van der Waals surface area contributed by atoms with E-state index in [1.807, 2.05) is 0 Å². The van der Waals surface area contributed by atoms with Crippen molar-refractivity contribution in [3.05, 3.63) is 33.3 Å². The third kappa shape index (κ3) is 4.69. The number of nitro benzene ring substituents is 1. The van der Waals surface area contributed by atoms with E-state index in [9.17, 15) is 10.1 Å². The molecule has 0 aliphatic rings. The van der Waals surface area contributed by atoms with Crippen LogP contribution in [0.2, 0.25) is 5.02 Å². The van der Waals surface area contributed by atoms with Gasteiger partial charge in [-0.25, -0.2) is 0 Å². The van der Waals surface area contributed by atoms with Crippen LogP contribution in [-0.4, -0.2) is 23.2 Å². The van der Waals surface area contributed by atoms with Gasteiger partial charge in [0.15, 0.2) is 0 Å². The van der Waals surface area contributed by atoms with E-state index in [1.165, 1.54) is 6.07 Å². The summed E-state index contributed by atoms with van der Waals surface area (Å²) in [5.41, 5.74) is 0.333. The molecule has 1 aromatic rings. The Morgan fingerprint density at radius 2 is 2.21 bits per heavy atom. The fraction of sp³-hybridized carbons (Fsp3) is 0.538. The Hall–Kier alpha value is -1.33. The van der Waals surface area contributed by atoms with Gasteiger partial charge in [0.1, 0.15) is 10.7 Å². The minimum absolute atomic E-state index is 0.0941. The van der Waals surface area contributed by atoms with Crippen molar-refractivity contribution in [3.8, 4) is 0 Å². The van der Waals surface area contributed by atoms with E-state index in [2.05, 4.69) is 12.2 Å². The first-order chi connectivity index (χ1) is 9.10. The van der Waals surface area contributed by atoms with Gasteiger partial charge < -0.3 is 10.4 Å². The molecule has 0 amide bonds. The molecule has 1 atom stereocenters. The molecule has 6 heteroatoms. The first kappa shape index (κ1) is 15.7. The molecule has 2 N–H and O–H groups in total. The summed E-state index contributed by atoms with van der Waals surface area (Å²) in [7, 11) is 0. The average molecular weight is 287 g/mol. The van der Waals surface area contributed by atoms with Crippen LogP contribution in [0.25, 0.3) is 0 Å². The highest BCUT2D eigenvalue weighted by atomic mass is 35.5. The smallest absolute Gasteiger partial charge is 0.310 e. The van der Waals surface area contributed by atoms with Gasteiger partial charge in [0.2, 0.25) is 0 Å². The number of hydrogen-bond acceptors (Lipinski definition) is 4. The van der Waals surface area contributed by atoms with E-state index in [1.54, 1.807) is 12.1 Å². The van der Waals surface area contributed by atoms with Gasteiger partial charge in [-0.1, -0.05) is 31.0 Å². The maximum Gasteiger partial charge on any atom is 0.310 e. The van der Waals surface area contributed by atoms with Crippen LogP contribution in [0.4, 0.5) is 11.4 Å². The highest BCUT2D eigenvalue weighted by Gasteiger charge is 2.18. The minimum Gasteiger partial charge on any atom is -0.396 e. The molecule has 0 fully saturated rings. The molecule has 1 unspecified atom stereocenters. The van der Waals surface area contributed by atoms with Crippen LogP contribution in [0, 0.1) is 16.0 Å². The van der Waals surface area contributed by atoms with Crippen molar-refractivity contribution < 1.29 is 10.0 Å². The maximum atomic E-state index is 11.0. The van der Waals surface area contributed by atoms with Crippen molar-refractivity contribution in [1.29, 1.82) is 0 Å². The molecule has 19 heavy (non-hydrogen) atoms. The lowest BCUT2D eigenvalue weighted by atomic mass is 10.00. The molecule has 0 heterocycles. The first-order valence-corrected chi connectivity index (χ1v) is 6.75. The lowest BCUT2D eigenvalue weighted by Gasteiger charge is -2.16. The summed E-state index contributed by atoms with van der Waals surface area (Å²) in [4.78, 5) is 10.5. The molecule has 0 aliphatic carbocycles. The quantitative estimate of drug-likeness (QED) is 0.567. The highest BCUT2D eigenvalue weighted by Crippen LogP contribution is 2.32. The van der Waals surface area contributed by atoms with Crippen molar-refractivity contribution in [1.82, 2.24) is 0 Å². The van der Waals surface area contributed by atoms with E-state index < -0.39 is 4.92 Å². The Balaban J connectivity index is 2.76. The van der Waals surface area contributed by atoms with E-state index in [-0.39, 0.29) is 17.3 Å². The Kier molecular flexibility index (Phi) is 6.59. The molecule has 0 saturated heterocycles. The highest BCUT2D eigenvalue weighted by molar-refractivity contribution is 6.33. The summed E-state index contributed by atoms with van der Waals surface area (Å²) in [6, 6.07) is 4.83. The van der Waals surface area contributed by atoms with Crippen molar-refractivity contribution >= 4 is 23.0 Å². The van der Waals surface area contributed by atoms with Crippen LogP contribution in [0.15, 0.2) is 18.2 Å².